The van der Waals surface area contributed by atoms with Gasteiger partial charge in [-0.05, 0) is 60.0 Å². The van der Waals surface area contributed by atoms with Crippen LogP contribution in [0, 0.1) is 6.92 Å². The zero-order valence-electron chi connectivity index (χ0n) is 10.4. The molecule has 1 aromatic carbocycles. The topological polar surface area (TPSA) is 12.0 Å². The average Bonchev–Trinajstić information content (AvgIpc) is 3.09. The predicted octanol–water partition coefficient (Wildman–Crippen LogP) is 4.63. The van der Waals surface area contributed by atoms with Gasteiger partial charge in [0.25, 0.3) is 0 Å². The standard InChI is InChI=1S/C15H16ClNS/c1-10-6-7-18-15(10)14-8-12(16)3-2-11(14)9-17-13-4-5-13/h2-3,6-8,13,17H,4-5,9H2,1H3. The second-order valence-corrected chi connectivity index (χ2v) is 6.24. The highest BCUT2D eigenvalue weighted by Gasteiger charge is 2.20. The summed E-state index contributed by atoms with van der Waals surface area (Å²) in [7, 11) is 0. The van der Waals surface area contributed by atoms with Crippen molar-refractivity contribution >= 4 is 22.9 Å². The summed E-state index contributed by atoms with van der Waals surface area (Å²) < 4.78 is 0. The van der Waals surface area contributed by atoms with Crippen molar-refractivity contribution in [1.82, 2.24) is 5.32 Å². The van der Waals surface area contributed by atoms with Gasteiger partial charge < -0.3 is 5.32 Å². The molecule has 0 atom stereocenters. The number of thiophene rings is 1. The lowest BCUT2D eigenvalue weighted by molar-refractivity contribution is 0.689. The fourth-order valence-corrected chi connectivity index (χ4v) is 3.26. The molecule has 0 aliphatic heterocycles. The Bertz CT molecular complexity index is 557. The second-order valence-electron chi connectivity index (χ2n) is 4.89. The summed E-state index contributed by atoms with van der Waals surface area (Å²) in [5.41, 5.74) is 3.95. The molecule has 0 amide bonds. The Morgan fingerprint density at radius 1 is 1.33 bits per heavy atom. The van der Waals surface area contributed by atoms with E-state index >= 15 is 0 Å². The van der Waals surface area contributed by atoms with Crippen LogP contribution in [0.1, 0.15) is 24.0 Å². The third-order valence-corrected chi connectivity index (χ3v) is 4.62. The first-order chi connectivity index (χ1) is 8.74. The smallest absolute Gasteiger partial charge is 0.0412 e. The SMILES string of the molecule is Cc1ccsc1-c1cc(Cl)ccc1CNC1CC1. The first-order valence-corrected chi connectivity index (χ1v) is 7.56. The van der Waals surface area contributed by atoms with Gasteiger partial charge in [0.1, 0.15) is 0 Å². The lowest BCUT2D eigenvalue weighted by atomic mass is 10.0. The van der Waals surface area contributed by atoms with E-state index in [4.69, 9.17) is 11.6 Å². The first-order valence-electron chi connectivity index (χ1n) is 6.30. The first kappa shape index (κ1) is 12.2. The molecule has 3 rings (SSSR count). The third kappa shape index (κ3) is 2.61. The highest BCUT2D eigenvalue weighted by Crippen LogP contribution is 2.34. The molecule has 1 nitrogen and oxygen atoms in total. The van der Waals surface area contributed by atoms with E-state index in [0.717, 1.165) is 17.6 Å². The minimum absolute atomic E-state index is 0.734. The maximum atomic E-state index is 6.15. The molecule has 2 aromatic rings. The van der Waals surface area contributed by atoms with Crippen molar-refractivity contribution in [3.63, 3.8) is 0 Å². The highest BCUT2D eigenvalue weighted by atomic mass is 35.5. The summed E-state index contributed by atoms with van der Waals surface area (Å²) in [6.07, 6.45) is 2.64. The van der Waals surface area contributed by atoms with Crippen molar-refractivity contribution < 1.29 is 0 Å². The van der Waals surface area contributed by atoms with E-state index in [0.29, 0.717) is 0 Å². The molecule has 0 saturated heterocycles. The summed E-state index contributed by atoms with van der Waals surface area (Å²) in [5.74, 6) is 0. The number of aryl methyl sites for hydroxylation is 1. The van der Waals surface area contributed by atoms with Crippen LogP contribution in [0.4, 0.5) is 0 Å². The molecule has 3 heteroatoms. The number of halogens is 1. The number of hydrogen-bond acceptors (Lipinski definition) is 2. The quantitative estimate of drug-likeness (QED) is 0.859. The Balaban J connectivity index is 1.94. The molecule has 1 aromatic heterocycles. The summed E-state index contributed by atoms with van der Waals surface area (Å²) >= 11 is 7.93. The zero-order valence-corrected chi connectivity index (χ0v) is 11.9. The van der Waals surface area contributed by atoms with Crippen LogP contribution >= 0.6 is 22.9 Å². The van der Waals surface area contributed by atoms with Crippen LogP contribution in [-0.4, -0.2) is 6.04 Å². The summed E-state index contributed by atoms with van der Waals surface area (Å²) in [6, 6.07) is 9.12. The molecule has 1 saturated carbocycles. The molecule has 1 aliphatic carbocycles. The fraction of sp³-hybridized carbons (Fsp3) is 0.333. The normalized spacial score (nSPS) is 15.0. The van der Waals surface area contributed by atoms with Gasteiger partial charge in [-0.25, -0.2) is 0 Å². The zero-order chi connectivity index (χ0) is 12.5. The molecule has 0 unspecified atom stereocenters. The molecule has 18 heavy (non-hydrogen) atoms. The van der Waals surface area contributed by atoms with E-state index in [1.54, 1.807) is 11.3 Å². The van der Waals surface area contributed by atoms with Gasteiger partial charge in [-0.3, -0.25) is 0 Å². The third-order valence-electron chi connectivity index (χ3n) is 3.34. The molecule has 0 radical (unpaired) electrons. The van der Waals surface area contributed by atoms with Gasteiger partial charge in [0.15, 0.2) is 0 Å². The minimum Gasteiger partial charge on any atom is -0.310 e. The van der Waals surface area contributed by atoms with Gasteiger partial charge in [-0.2, -0.15) is 0 Å². The monoisotopic (exact) mass is 277 g/mol. The van der Waals surface area contributed by atoms with Gasteiger partial charge >= 0.3 is 0 Å². The molecule has 1 heterocycles. The maximum absolute atomic E-state index is 6.15. The van der Waals surface area contributed by atoms with Gasteiger partial charge in [-0.1, -0.05) is 17.7 Å². The van der Waals surface area contributed by atoms with Crippen LogP contribution in [-0.2, 0) is 6.54 Å². The Morgan fingerprint density at radius 2 is 2.17 bits per heavy atom. The van der Waals surface area contributed by atoms with Crippen molar-refractivity contribution in [3.05, 3.63) is 45.8 Å². The van der Waals surface area contributed by atoms with E-state index in [1.165, 1.54) is 34.4 Å². The predicted molar refractivity (Wildman–Crippen MR) is 79.4 cm³/mol. The van der Waals surface area contributed by atoms with Gasteiger partial charge in [0.2, 0.25) is 0 Å². The van der Waals surface area contributed by atoms with Crippen LogP contribution in [0.5, 0.6) is 0 Å². The van der Waals surface area contributed by atoms with E-state index < -0.39 is 0 Å². The molecular weight excluding hydrogens is 262 g/mol. The maximum Gasteiger partial charge on any atom is 0.0412 e. The summed E-state index contributed by atoms with van der Waals surface area (Å²) in [4.78, 5) is 1.34. The average molecular weight is 278 g/mol. The van der Waals surface area contributed by atoms with E-state index in [-0.39, 0.29) is 0 Å². The second kappa shape index (κ2) is 5.04. The van der Waals surface area contributed by atoms with E-state index in [1.807, 2.05) is 6.07 Å². The largest absolute Gasteiger partial charge is 0.310 e. The van der Waals surface area contributed by atoms with Gasteiger partial charge in [0.05, 0.1) is 0 Å². The fourth-order valence-electron chi connectivity index (χ4n) is 2.10. The van der Waals surface area contributed by atoms with Crippen LogP contribution < -0.4 is 5.32 Å². The molecular formula is C15H16ClNS. The number of rotatable bonds is 4. The summed E-state index contributed by atoms with van der Waals surface area (Å²) in [5, 5.41) is 6.53. The number of hydrogen-bond donors (Lipinski definition) is 1. The highest BCUT2D eigenvalue weighted by molar-refractivity contribution is 7.13. The molecule has 1 N–H and O–H groups in total. The Hall–Kier alpha value is -0.830. The Morgan fingerprint density at radius 3 is 2.83 bits per heavy atom. The van der Waals surface area contributed by atoms with Crippen molar-refractivity contribution in [2.24, 2.45) is 0 Å². The van der Waals surface area contributed by atoms with E-state index in [9.17, 15) is 0 Å². The molecule has 94 valence electrons. The number of nitrogens with one attached hydrogen (secondary N) is 1. The van der Waals surface area contributed by atoms with Crippen LogP contribution in [0.25, 0.3) is 10.4 Å². The lowest BCUT2D eigenvalue weighted by Crippen LogP contribution is -2.15. The molecule has 0 spiro atoms. The van der Waals surface area contributed by atoms with Crippen molar-refractivity contribution in [1.29, 1.82) is 0 Å². The Labute approximate surface area is 117 Å². The van der Waals surface area contributed by atoms with Crippen molar-refractivity contribution in [2.45, 2.75) is 32.4 Å². The van der Waals surface area contributed by atoms with Crippen molar-refractivity contribution in [3.8, 4) is 10.4 Å². The van der Waals surface area contributed by atoms with Crippen molar-refractivity contribution in [2.75, 3.05) is 0 Å². The van der Waals surface area contributed by atoms with E-state index in [2.05, 4.69) is 35.8 Å². The molecule has 1 aliphatic rings. The van der Waals surface area contributed by atoms with Gasteiger partial charge in [-0.15, -0.1) is 11.3 Å². The number of benzene rings is 1. The van der Waals surface area contributed by atoms with Crippen LogP contribution in [0.2, 0.25) is 5.02 Å². The van der Waals surface area contributed by atoms with Crippen LogP contribution in [0.15, 0.2) is 29.6 Å². The van der Waals surface area contributed by atoms with Gasteiger partial charge in [0, 0.05) is 22.5 Å². The Kier molecular flexibility index (Phi) is 3.42. The molecule has 0 bridgehead atoms. The summed E-state index contributed by atoms with van der Waals surface area (Å²) in [6.45, 7) is 3.10. The molecule has 1 fully saturated rings. The minimum atomic E-state index is 0.734. The van der Waals surface area contributed by atoms with Crippen LogP contribution in [0.3, 0.4) is 0 Å². The lowest BCUT2D eigenvalue weighted by Gasteiger charge is -2.10.